The molecule has 0 atom stereocenters. The van der Waals surface area contributed by atoms with Crippen LogP contribution in [0.5, 0.6) is 0 Å². The van der Waals surface area contributed by atoms with Crippen molar-refractivity contribution in [1.29, 1.82) is 0 Å². The lowest BCUT2D eigenvalue weighted by Crippen LogP contribution is -2.00. The third kappa shape index (κ3) is 2.48. The van der Waals surface area contributed by atoms with E-state index in [1.165, 1.54) is 43.8 Å². The molecule has 0 unspecified atom stereocenters. The summed E-state index contributed by atoms with van der Waals surface area (Å²) in [4.78, 5) is 14.0. The zero-order valence-corrected chi connectivity index (χ0v) is 18.7. The van der Waals surface area contributed by atoms with E-state index in [0.29, 0.717) is 5.95 Å². The fraction of sp³-hybridized carbons (Fsp3) is 0. The topological polar surface area (TPSA) is 43.6 Å². The van der Waals surface area contributed by atoms with Crippen LogP contribution >= 0.6 is 0 Å². The average Bonchev–Trinajstić information content (AvgIpc) is 3.21. The van der Waals surface area contributed by atoms with Crippen molar-refractivity contribution in [2.24, 2.45) is 0 Å². The van der Waals surface area contributed by atoms with Crippen LogP contribution in [0, 0.1) is 0 Å². The van der Waals surface area contributed by atoms with Gasteiger partial charge in [-0.25, -0.2) is 9.97 Å². The molecule has 0 spiro atoms. The van der Waals surface area contributed by atoms with Gasteiger partial charge >= 0.3 is 0 Å². The van der Waals surface area contributed by atoms with Gasteiger partial charge in [0, 0.05) is 34.9 Å². The van der Waals surface area contributed by atoms with Crippen molar-refractivity contribution in [2.45, 2.75) is 0 Å². The standard InChI is InChI=1S/C31H18N4/c1-2-9-22-21(8-1)23-10-5-7-19-12-13-26-30(28(19)23)29-24(22)17-20(25-11-3-4-14-32-25)18-27(29)35(26)31-33-15-6-16-34-31/h1-18H. The van der Waals surface area contributed by atoms with Gasteiger partial charge in [-0.15, -0.1) is 0 Å². The first-order valence-corrected chi connectivity index (χ1v) is 11.7. The molecule has 35 heavy (non-hydrogen) atoms. The fourth-order valence-corrected chi connectivity index (χ4v) is 5.70. The molecule has 4 aromatic carbocycles. The van der Waals surface area contributed by atoms with Crippen LogP contribution in [0.3, 0.4) is 0 Å². The zero-order valence-electron chi connectivity index (χ0n) is 18.7. The van der Waals surface area contributed by atoms with Crippen LogP contribution < -0.4 is 0 Å². The predicted molar refractivity (Wildman–Crippen MR) is 142 cm³/mol. The van der Waals surface area contributed by atoms with Crippen molar-refractivity contribution in [2.75, 3.05) is 0 Å². The minimum atomic E-state index is 0.669. The summed E-state index contributed by atoms with van der Waals surface area (Å²) in [6.45, 7) is 0. The summed E-state index contributed by atoms with van der Waals surface area (Å²) in [5.74, 6) is 0.669. The molecular weight excluding hydrogens is 428 g/mol. The van der Waals surface area contributed by atoms with E-state index in [1.54, 1.807) is 12.4 Å². The van der Waals surface area contributed by atoms with Crippen LogP contribution in [0.2, 0.25) is 0 Å². The largest absolute Gasteiger partial charge is 0.278 e. The molecule has 0 aliphatic heterocycles. The Hall–Kier alpha value is -4.83. The highest BCUT2D eigenvalue weighted by atomic mass is 15.1. The molecule has 0 radical (unpaired) electrons. The minimum Gasteiger partial charge on any atom is -0.278 e. The molecule has 8 rings (SSSR count). The molecule has 3 heterocycles. The first-order valence-electron chi connectivity index (χ1n) is 11.7. The van der Waals surface area contributed by atoms with E-state index in [1.807, 2.05) is 24.4 Å². The van der Waals surface area contributed by atoms with Crippen LogP contribution in [0.25, 0.3) is 72.0 Å². The molecule has 0 N–H and O–H groups in total. The molecule has 0 saturated carbocycles. The van der Waals surface area contributed by atoms with Crippen molar-refractivity contribution < 1.29 is 0 Å². The van der Waals surface area contributed by atoms with Crippen molar-refractivity contribution in [3.05, 3.63) is 110 Å². The maximum absolute atomic E-state index is 4.68. The third-order valence-corrected chi connectivity index (χ3v) is 7.09. The molecule has 162 valence electrons. The zero-order chi connectivity index (χ0) is 22.9. The van der Waals surface area contributed by atoms with Crippen LogP contribution in [-0.4, -0.2) is 19.5 Å². The van der Waals surface area contributed by atoms with E-state index < -0.39 is 0 Å². The third-order valence-electron chi connectivity index (χ3n) is 7.09. The Morgan fingerprint density at radius 3 is 2.09 bits per heavy atom. The van der Waals surface area contributed by atoms with Gasteiger partial charge in [0.05, 0.1) is 16.7 Å². The highest BCUT2D eigenvalue weighted by Crippen LogP contribution is 2.50. The summed E-state index contributed by atoms with van der Waals surface area (Å²) in [6.07, 6.45) is 5.45. The maximum atomic E-state index is 4.68. The van der Waals surface area contributed by atoms with E-state index in [4.69, 9.17) is 0 Å². The quantitative estimate of drug-likeness (QED) is 0.277. The van der Waals surface area contributed by atoms with Gasteiger partial charge in [-0.2, -0.15) is 0 Å². The van der Waals surface area contributed by atoms with Crippen molar-refractivity contribution >= 4 is 32.6 Å². The normalized spacial score (nSPS) is 12.0. The van der Waals surface area contributed by atoms with Gasteiger partial charge in [-0.3, -0.25) is 9.55 Å². The lowest BCUT2D eigenvalue weighted by molar-refractivity contribution is 0.989. The molecule has 1 aliphatic carbocycles. The Morgan fingerprint density at radius 1 is 0.486 bits per heavy atom. The smallest absolute Gasteiger partial charge is 0.234 e. The van der Waals surface area contributed by atoms with Crippen molar-refractivity contribution in [1.82, 2.24) is 19.5 Å². The molecule has 4 heteroatoms. The Kier molecular flexibility index (Phi) is 3.63. The molecule has 7 aromatic rings. The van der Waals surface area contributed by atoms with E-state index >= 15 is 0 Å². The SMILES string of the molecule is c1ccc(-c2cc3c4c5c6c(cccc6ccc5n(-c5ncccn5)c4c2)-c2ccccc2-3)nc1. The molecule has 0 amide bonds. The summed E-state index contributed by atoms with van der Waals surface area (Å²) >= 11 is 0. The van der Waals surface area contributed by atoms with Gasteiger partial charge in [-0.1, -0.05) is 54.6 Å². The molecule has 3 aromatic heterocycles. The summed E-state index contributed by atoms with van der Waals surface area (Å²) in [5, 5.41) is 5.00. The molecule has 0 fully saturated rings. The number of nitrogens with zero attached hydrogens (tertiary/aromatic N) is 4. The number of hydrogen-bond donors (Lipinski definition) is 0. The predicted octanol–water partition coefficient (Wildman–Crippen LogP) is 7.44. The maximum Gasteiger partial charge on any atom is 0.234 e. The first-order chi connectivity index (χ1) is 17.4. The van der Waals surface area contributed by atoms with Crippen LogP contribution in [0.15, 0.2) is 110 Å². The van der Waals surface area contributed by atoms with Crippen molar-refractivity contribution in [3.8, 4) is 39.5 Å². The van der Waals surface area contributed by atoms with Gasteiger partial charge in [0.25, 0.3) is 0 Å². The average molecular weight is 447 g/mol. The van der Waals surface area contributed by atoms with E-state index in [-0.39, 0.29) is 0 Å². The summed E-state index contributed by atoms with van der Waals surface area (Å²) < 4.78 is 2.20. The lowest BCUT2D eigenvalue weighted by Gasteiger charge is -2.14. The number of hydrogen-bond acceptors (Lipinski definition) is 3. The monoisotopic (exact) mass is 446 g/mol. The molecule has 0 saturated heterocycles. The number of benzene rings is 4. The van der Waals surface area contributed by atoms with E-state index in [9.17, 15) is 0 Å². The second-order valence-electron chi connectivity index (χ2n) is 8.93. The van der Waals surface area contributed by atoms with E-state index in [2.05, 4.69) is 92.3 Å². The molecular formula is C31H18N4. The Morgan fingerprint density at radius 2 is 1.26 bits per heavy atom. The molecule has 4 nitrogen and oxygen atoms in total. The molecule has 1 aliphatic rings. The number of pyridine rings is 1. The summed E-state index contributed by atoms with van der Waals surface area (Å²) in [6, 6.07) is 32.2. The highest BCUT2D eigenvalue weighted by Gasteiger charge is 2.26. The highest BCUT2D eigenvalue weighted by molar-refractivity contribution is 6.30. The van der Waals surface area contributed by atoms with Gasteiger partial charge in [0.1, 0.15) is 0 Å². The second-order valence-corrected chi connectivity index (χ2v) is 8.93. The summed E-state index contributed by atoms with van der Waals surface area (Å²) in [7, 11) is 0. The Balaban J connectivity index is 1.68. The Bertz CT molecular complexity index is 1940. The molecule has 0 bridgehead atoms. The van der Waals surface area contributed by atoms with Gasteiger partial charge in [0.15, 0.2) is 0 Å². The van der Waals surface area contributed by atoms with Gasteiger partial charge in [-0.05, 0) is 69.4 Å². The summed E-state index contributed by atoms with van der Waals surface area (Å²) in [5.41, 5.74) is 9.16. The first kappa shape index (κ1) is 18.6. The Labute approximate surface area is 201 Å². The number of rotatable bonds is 2. The minimum absolute atomic E-state index is 0.669. The van der Waals surface area contributed by atoms with Crippen molar-refractivity contribution in [3.63, 3.8) is 0 Å². The van der Waals surface area contributed by atoms with Crippen LogP contribution in [0.4, 0.5) is 0 Å². The second kappa shape index (κ2) is 6.84. The fourth-order valence-electron chi connectivity index (χ4n) is 5.70. The van der Waals surface area contributed by atoms with Crippen LogP contribution in [0.1, 0.15) is 0 Å². The number of fused-ring (bicyclic) bond motifs is 3. The number of aromatic nitrogens is 4. The van der Waals surface area contributed by atoms with Gasteiger partial charge < -0.3 is 0 Å². The van der Waals surface area contributed by atoms with Gasteiger partial charge in [0.2, 0.25) is 5.95 Å². The van der Waals surface area contributed by atoms with E-state index in [0.717, 1.165) is 22.3 Å². The lowest BCUT2D eigenvalue weighted by atomic mass is 9.92. The van der Waals surface area contributed by atoms with Crippen LogP contribution in [-0.2, 0) is 0 Å².